The summed E-state index contributed by atoms with van der Waals surface area (Å²) >= 11 is 0. The topological polar surface area (TPSA) is 62.9 Å². The average molecular weight is 500 g/mol. The van der Waals surface area contributed by atoms with E-state index in [1.807, 2.05) is 0 Å². The van der Waals surface area contributed by atoms with Crippen molar-refractivity contribution >= 4 is 35.6 Å². The molecule has 2 rings (SSSR count). The second kappa shape index (κ2) is 11.6. The molecule has 3 N–H and O–H groups in total. The highest BCUT2D eigenvalue weighted by Crippen LogP contribution is 2.29. The van der Waals surface area contributed by atoms with Crippen LogP contribution in [0, 0.1) is 0 Å². The predicted molar refractivity (Wildman–Crippen MR) is 113 cm³/mol. The third-order valence-electron chi connectivity index (χ3n) is 4.45. The molecule has 1 aliphatic rings. The number of hydrogen-bond donors (Lipinski definition) is 2. The highest BCUT2D eigenvalue weighted by molar-refractivity contribution is 14.0. The van der Waals surface area contributed by atoms with Gasteiger partial charge in [-0.05, 0) is 57.8 Å². The summed E-state index contributed by atoms with van der Waals surface area (Å²) in [6.07, 6.45) is 0.980. The van der Waals surface area contributed by atoms with E-state index in [1.54, 1.807) is 6.07 Å². The van der Waals surface area contributed by atoms with E-state index in [9.17, 15) is 13.2 Å². The Morgan fingerprint density at radius 2 is 2.04 bits per heavy atom. The van der Waals surface area contributed by atoms with Crippen LogP contribution in [0.3, 0.4) is 0 Å². The van der Waals surface area contributed by atoms with Gasteiger partial charge in [0.15, 0.2) is 11.7 Å². The zero-order valence-electron chi connectivity index (χ0n) is 15.5. The summed E-state index contributed by atoms with van der Waals surface area (Å²) < 4.78 is 41.2. The lowest BCUT2D eigenvalue weighted by atomic mass is 10.0. The van der Waals surface area contributed by atoms with Crippen molar-refractivity contribution in [1.82, 2.24) is 4.90 Å². The summed E-state index contributed by atoms with van der Waals surface area (Å²) in [5.41, 5.74) is 5.91. The first-order chi connectivity index (χ1) is 12.3. The molecule has 27 heavy (non-hydrogen) atoms. The molecule has 154 valence electrons. The molecule has 1 unspecified atom stereocenters. The van der Waals surface area contributed by atoms with E-state index in [0.29, 0.717) is 12.6 Å². The van der Waals surface area contributed by atoms with E-state index in [1.165, 1.54) is 37.5 Å². The van der Waals surface area contributed by atoms with Gasteiger partial charge in [0.05, 0.1) is 5.69 Å². The molecule has 0 bridgehead atoms. The maximum atomic E-state index is 12.4. The summed E-state index contributed by atoms with van der Waals surface area (Å²) in [4.78, 5) is 6.69. The standard InChI is InChI=1S/C18H27F3N4O.HI/c1-14-8-4-6-12-25(14)13-7-5-11-23-17(22)24-15-9-2-3-10-16(15)26-18(19,20)21;/h2-3,9-10,14H,4-8,11-13H2,1H3,(H3,22,23,24);1H. The summed E-state index contributed by atoms with van der Waals surface area (Å²) in [7, 11) is 0. The van der Waals surface area contributed by atoms with Crippen LogP contribution in [-0.2, 0) is 0 Å². The maximum Gasteiger partial charge on any atom is 0.573 e. The van der Waals surface area contributed by atoms with E-state index in [4.69, 9.17) is 5.73 Å². The van der Waals surface area contributed by atoms with Gasteiger partial charge in [-0.15, -0.1) is 37.1 Å². The molecule has 0 saturated carbocycles. The minimum atomic E-state index is -4.75. The largest absolute Gasteiger partial charge is 0.573 e. The average Bonchev–Trinajstić information content (AvgIpc) is 2.56. The molecule has 1 heterocycles. The normalized spacial score (nSPS) is 18.7. The van der Waals surface area contributed by atoms with Crippen molar-refractivity contribution in [3.63, 3.8) is 0 Å². The maximum absolute atomic E-state index is 12.4. The molecule has 5 nitrogen and oxygen atoms in total. The van der Waals surface area contributed by atoms with Crippen molar-refractivity contribution in [2.75, 3.05) is 25.0 Å². The Labute approximate surface area is 175 Å². The number of ether oxygens (including phenoxy) is 1. The van der Waals surface area contributed by atoms with E-state index in [-0.39, 0.29) is 41.4 Å². The van der Waals surface area contributed by atoms with Crippen molar-refractivity contribution in [1.29, 1.82) is 0 Å². The monoisotopic (exact) mass is 500 g/mol. The Kier molecular flexibility index (Phi) is 10.2. The van der Waals surface area contributed by atoms with Crippen LogP contribution in [0.25, 0.3) is 0 Å². The van der Waals surface area contributed by atoms with Crippen molar-refractivity contribution in [2.24, 2.45) is 10.7 Å². The van der Waals surface area contributed by atoms with Gasteiger partial charge in [0.25, 0.3) is 0 Å². The van der Waals surface area contributed by atoms with Crippen LogP contribution in [0.1, 0.15) is 39.0 Å². The molecule has 1 aromatic carbocycles. The van der Waals surface area contributed by atoms with Crippen LogP contribution in [-0.4, -0.2) is 42.9 Å². The highest BCUT2D eigenvalue weighted by atomic mass is 127. The number of nitrogens with one attached hydrogen (secondary N) is 1. The number of rotatable bonds is 7. The molecular weight excluding hydrogens is 472 g/mol. The first-order valence-electron chi connectivity index (χ1n) is 9.01. The fourth-order valence-corrected chi connectivity index (χ4v) is 3.08. The van der Waals surface area contributed by atoms with Gasteiger partial charge in [-0.25, -0.2) is 0 Å². The smallest absolute Gasteiger partial charge is 0.404 e. The van der Waals surface area contributed by atoms with Crippen LogP contribution in [0.2, 0.25) is 0 Å². The number of likely N-dealkylation sites (tertiary alicyclic amines) is 1. The molecular formula is C18H28F3IN4O. The van der Waals surface area contributed by atoms with Crippen molar-refractivity contribution in [3.8, 4) is 5.75 Å². The molecule has 0 amide bonds. The third kappa shape index (κ3) is 9.00. The number of para-hydroxylation sites is 2. The molecule has 0 radical (unpaired) electrons. The van der Waals surface area contributed by atoms with Crippen LogP contribution in [0.15, 0.2) is 29.3 Å². The van der Waals surface area contributed by atoms with Gasteiger partial charge >= 0.3 is 6.36 Å². The number of nitrogens with zero attached hydrogens (tertiary/aromatic N) is 2. The Balaban J connectivity index is 0.00000364. The molecule has 1 atom stereocenters. The minimum Gasteiger partial charge on any atom is -0.404 e. The molecule has 1 aromatic rings. The predicted octanol–water partition coefficient (Wildman–Crippen LogP) is 4.58. The molecule has 0 spiro atoms. The van der Waals surface area contributed by atoms with Gasteiger partial charge in [0, 0.05) is 12.6 Å². The zero-order chi connectivity index (χ0) is 19.0. The fourth-order valence-electron chi connectivity index (χ4n) is 3.08. The number of benzene rings is 1. The number of halogens is 4. The SMILES string of the molecule is CC1CCCCN1CCCCN=C(N)Nc1ccccc1OC(F)(F)F.I. The number of aliphatic imine (C=N–C) groups is 1. The van der Waals surface area contributed by atoms with Crippen LogP contribution in [0.4, 0.5) is 18.9 Å². The van der Waals surface area contributed by atoms with Gasteiger partial charge in [-0.1, -0.05) is 18.6 Å². The van der Waals surface area contributed by atoms with Gasteiger partial charge in [0.2, 0.25) is 0 Å². The highest BCUT2D eigenvalue weighted by Gasteiger charge is 2.32. The van der Waals surface area contributed by atoms with Gasteiger partial charge in [-0.3, -0.25) is 4.99 Å². The van der Waals surface area contributed by atoms with Gasteiger partial charge in [-0.2, -0.15) is 0 Å². The lowest BCUT2D eigenvalue weighted by Gasteiger charge is -2.33. The lowest BCUT2D eigenvalue weighted by molar-refractivity contribution is -0.274. The van der Waals surface area contributed by atoms with Gasteiger partial charge < -0.3 is 20.7 Å². The third-order valence-corrected chi connectivity index (χ3v) is 4.45. The Hall–Kier alpha value is -1.23. The summed E-state index contributed by atoms with van der Waals surface area (Å²) in [5.74, 6) is -0.258. The molecule has 1 aliphatic heterocycles. The molecule has 0 aliphatic carbocycles. The number of unbranched alkanes of at least 4 members (excludes halogenated alkanes) is 1. The molecule has 1 saturated heterocycles. The van der Waals surface area contributed by atoms with E-state index >= 15 is 0 Å². The van der Waals surface area contributed by atoms with E-state index < -0.39 is 6.36 Å². The number of piperidine rings is 1. The summed E-state index contributed by atoms with van der Waals surface area (Å²) in [6, 6.07) is 6.38. The first-order valence-corrected chi connectivity index (χ1v) is 9.01. The second-order valence-corrected chi connectivity index (χ2v) is 6.52. The molecule has 1 fully saturated rings. The molecule has 9 heteroatoms. The Morgan fingerprint density at radius 3 is 2.74 bits per heavy atom. The summed E-state index contributed by atoms with van der Waals surface area (Å²) in [5, 5.41) is 2.67. The molecule has 0 aromatic heterocycles. The van der Waals surface area contributed by atoms with Crippen molar-refractivity contribution in [2.45, 2.75) is 51.4 Å². The number of anilines is 1. The van der Waals surface area contributed by atoms with E-state index in [0.717, 1.165) is 25.9 Å². The Bertz CT molecular complexity index is 598. The quantitative estimate of drug-likeness (QED) is 0.249. The zero-order valence-corrected chi connectivity index (χ0v) is 17.8. The fraction of sp³-hybridized carbons (Fsp3) is 0.611. The summed E-state index contributed by atoms with van der Waals surface area (Å²) in [6.45, 7) is 5.00. The number of nitrogens with two attached hydrogens (primary N) is 1. The van der Waals surface area contributed by atoms with Crippen molar-refractivity contribution in [3.05, 3.63) is 24.3 Å². The Morgan fingerprint density at radius 1 is 1.30 bits per heavy atom. The van der Waals surface area contributed by atoms with Crippen molar-refractivity contribution < 1.29 is 17.9 Å². The van der Waals surface area contributed by atoms with E-state index in [2.05, 4.69) is 26.9 Å². The van der Waals surface area contributed by atoms with Crippen LogP contribution < -0.4 is 15.8 Å². The number of alkyl halides is 3. The first kappa shape index (κ1) is 23.8. The van der Waals surface area contributed by atoms with Crippen LogP contribution in [0.5, 0.6) is 5.75 Å². The van der Waals surface area contributed by atoms with Gasteiger partial charge in [0.1, 0.15) is 0 Å². The number of guanidine groups is 1. The second-order valence-electron chi connectivity index (χ2n) is 6.52. The minimum absolute atomic E-state index is 0. The number of hydrogen-bond acceptors (Lipinski definition) is 3. The van der Waals surface area contributed by atoms with Crippen LogP contribution >= 0.6 is 24.0 Å². The lowest BCUT2D eigenvalue weighted by Crippen LogP contribution is -2.38.